The standard InChI is InChI=1S/C16H19F3N2O4S.ClH/c1-25-15(22)11-4-3-10(6-13(11)16(17,18)19)26(23,24)21-7-9-2-5-14(20)12(9)8-21;/h3-4,6,9,12,14H,2,5,7-8,20H2,1H3;1H. The summed E-state index contributed by atoms with van der Waals surface area (Å²) >= 11 is 0. The van der Waals surface area contributed by atoms with Crippen molar-refractivity contribution in [3.05, 3.63) is 29.3 Å². The number of benzene rings is 1. The molecule has 0 spiro atoms. The highest BCUT2D eigenvalue weighted by Crippen LogP contribution is 2.40. The van der Waals surface area contributed by atoms with E-state index >= 15 is 0 Å². The summed E-state index contributed by atoms with van der Waals surface area (Å²) in [5.41, 5.74) is 3.94. The van der Waals surface area contributed by atoms with E-state index in [1.165, 1.54) is 4.31 Å². The number of esters is 1. The van der Waals surface area contributed by atoms with Crippen LogP contribution in [-0.2, 0) is 20.9 Å². The lowest BCUT2D eigenvalue weighted by Crippen LogP contribution is -2.33. The molecule has 2 fully saturated rings. The van der Waals surface area contributed by atoms with E-state index in [-0.39, 0.29) is 43.4 Å². The zero-order valence-electron chi connectivity index (χ0n) is 14.4. The number of alkyl halides is 3. The van der Waals surface area contributed by atoms with E-state index in [0.29, 0.717) is 6.07 Å². The van der Waals surface area contributed by atoms with Gasteiger partial charge in [-0.25, -0.2) is 13.2 Å². The van der Waals surface area contributed by atoms with E-state index in [1.807, 2.05) is 0 Å². The van der Waals surface area contributed by atoms with Crippen LogP contribution in [0.5, 0.6) is 0 Å². The minimum atomic E-state index is -4.89. The highest BCUT2D eigenvalue weighted by Gasteiger charge is 2.45. The first-order valence-electron chi connectivity index (χ1n) is 8.11. The van der Waals surface area contributed by atoms with Crippen LogP contribution in [0.1, 0.15) is 28.8 Å². The summed E-state index contributed by atoms with van der Waals surface area (Å²) in [6.45, 7) is 0.453. The first-order chi connectivity index (χ1) is 12.1. The Morgan fingerprint density at radius 2 is 1.93 bits per heavy atom. The zero-order chi connectivity index (χ0) is 19.3. The third kappa shape index (κ3) is 3.94. The average Bonchev–Trinajstić information content (AvgIpc) is 3.15. The van der Waals surface area contributed by atoms with Crippen LogP contribution in [-0.4, -0.2) is 44.9 Å². The minimum Gasteiger partial charge on any atom is -0.465 e. The maximum absolute atomic E-state index is 13.3. The highest BCUT2D eigenvalue weighted by molar-refractivity contribution is 7.89. The molecule has 0 aromatic heterocycles. The number of hydrogen-bond acceptors (Lipinski definition) is 5. The summed E-state index contributed by atoms with van der Waals surface area (Å²) in [7, 11) is -3.15. The molecule has 0 radical (unpaired) electrons. The topological polar surface area (TPSA) is 89.7 Å². The Morgan fingerprint density at radius 1 is 1.26 bits per heavy atom. The molecule has 3 unspecified atom stereocenters. The van der Waals surface area contributed by atoms with Gasteiger partial charge in [0.25, 0.3) is 0 Å². The summed E-state index contributed by atoms with van der Waals surface area (Å²) in [5, 5.41) is 0. The minimum absolute atomic E-state index is 0. The molecule has 1 aromatic carbocycles. The van der Waals surface area contributed by atoms with Gasteiger partial charge < -0.3 is 10.5 Å². The zero-order valence-corrected chi connectivity index (χ0v) is 16.0. The predicted octanol–water partition coefficient (Wildman–Crippen LogP) is 2.27. The molecular formula is C16H20ClF3N2O4S. The van der Waals surface area contributed by atoms with E-state index in [9.17, 15) is 26.4 Å². The molecule has 1 aliphatic heterocycles. The number of carbonyl (C=O) groups excluding carboxylic acids is 1. The number of carbonyl (C=O) groups is 1. The Morgan fingerprint density at radius 3 is 2.48 bits per heavy atom. The second kappa shape index (κ2) is 7.57. The van der Waals surface area contributed by atoms with E-state index in [2.05, 4.69) is 4.74 Å². The number of rotatable bonds is 3. The molecule has 0 amide bonds. The second-order valence-corrected chi connectivity index (χ2v) is 8.62. The summed E-state index contributed by atoms with van der Waals surface area (Å²) in [6, 6.07) is 2.25. The Labute approximate surface area is 161 Å². The quantitative estimate of drug-likeness (QED) is 0.746. The molecular weight excluding hydrogens is 409 g/mol. The van der Waals surface area contributed by atoms with Crippen LogP contribution in [0.3, 0.4) is 0 Å². The number of fused-ring (bicyclic) bond motifs is 1. The van der Waals surface area contributed by atoms with Crippen molar-refractivity contribution in [3.8, 4) is 0 Å². The first kappa shape index (κ1) is 21.9. The van der Waals surface area contributed by atoms with Crippen LogP contribution in [0, 0.1) is 11.8 Å². The van der Waals surface area contributed by atoms with Gasteiger partial charge in [-0.2, -0.15) is 17.5 Å². The summed E-state index contributed by atoms with van der Waals surface area (Å²) in [5.74, 6) is -1.01. The number of nitrogens with zero attached hydrogens (tertiary/aromatic N) is 1. The maximum atomic E-state index is 13.3. The van der Waals surface area contributed by atoms with Crippen LogP contribution in [0.15, 0.2) is 23.1 Å². The van der Waals surface area contributed by atoms with Crippen molar-refractivity contribution >= 4 is 28.4 Å². The fourth-order valence-corrected chi connectivity index (χ4v) is 5.38. The van der Waals surface area contributed by atoms with Gasteiger partial charge in [-0.05, 0) is 42.9 Å². The number of sulfonamides is 1. The molecule has 1 aliphatic carbocycles. The molecule has 3 rings (SSSR count). The van der Waals surface area contributed by atoms with Gasteiger partial charge in [0.1, 0.15) is 0 Å². The molecule has 3 atom stereocenters. The van der Waals surface area contributed by atoms with Gasteiger partial charge >= 0.3 is 12.1 Å². The molecule has 152 valence electrons. The fraction of sp³-hybridized carbons (Fsp3) is 0.562. The lowest BCUT2D eigenvalue weighted by Gasteiger charge is -2.20. The first-order valence-corrected chi connectivity index (χ1v) is 9.55. The number of hydrogen-bond donors (Lipinski definition) is 1. The van der Waals surface area contributed by atoms with Gasteiger partial charge in [0.05, 0.1) is 23.1 Å². The summed E-state index contributed by atoms with van der Waals surface area (Å²) < 4.78 is 71.0. The Balaban J connectivity index is 0.00000261. The van der Waals surface area contributed by atoms with Gasteiger partial charge in [-0.1, -0.05) is 0 Å². The van der Waals surface area contributed by atoms with Crippen molar-refractivity contribution < 1.29 is 31.1 Å². The lowest BCUT2D eigenvalue weighted by atomic mass is 9.98. The van der Waals surface area contributed by atoms with E-state index in [0.717, 1.165) is 32.1 Å². The van der Waals surface area contributed by atoms with E-state index in [4.69, 9.17) is 5.73 Å². The van der Waals surface area contributed by atoms with Crippen molar-refractivity contribution in [2.45, 2.75) is 30.0 Å². The average molecular weight is 429 g/mol. The number of methoxy groups -OCH3 is 1. The number of halogens is 4. The maximum Gasteiger partial charge on any atom is 0.417 e. The van der Waals surface area contributed by atoms with Gasteiger partial charge in [0.2, 0.25) is 10.0 Å². The molecule has 1 aromatic rings. The summed E-state index contributed by atoms with van der Waals surface area (Å²) in [6.07, 6.45) is -3.25. The van der Waals surface area contributed by atoms with Gasteiger partial charge in [0, 0.05) is 19.1 Å². The largest absolute Gasteiger partial charge is 0.465 e. The lowest BCUT2D eigenvalue weighted by molar-refractivity contribution is -0.138. The molecule has 0 bridgehead atoms. The molecule has 2 N–H and O–H groups in total. The van der Waals surface area contributed by atoms with Gasteiger partial charge in [-0.15, -0.1) is 12.4 Å². The van der Waals surface area contributed by atoms with Crippen LogP contribution in [0.2, 0.25) is 0 Å². The SMILES string of the molecule is COC(=O)c1ccc(S(=O)(=O)N2CC3CCC(N)C3C2)cc1C(F)(F)F.Cl. The number of nitrogens with two attached hydrogens (primary N) is 1. The Bertz CT molecular complexity index is 831. The van der Waals surface area contributed by atoms with E-state index < -0.39 is 38.2 Å². The van der Waals surface area contributed by atoms with Crippen molar-refractivity contribution in [3.63, 3.8) is 0 Å². The Kier molecular flexibility index (Phi) is 6.15. The van der Waals surface area contributed by atoms with Crippen LogP contribution in [0.25, 0.3) is 0 Å². The molecule has 2 aliphatic rings. The molecule has 11 heteroatoms. The highest BCUT2D eigenvalue weighted by atomic mass is 35.5. The fourth-order valence-electron chi connectivity index (χ4n) is 3.82. The molecule has 6 nitrogen and oxygen atoms in total. The molecule has 27 heavy (non-hydrogen) atoms. The summed E-state index contributed by atoms with van der Waals surface area (Å²) in [4.78, 5) is 11.1. The Hall–Kier alpha value is -1.36. The van der Waals surface area contributed by atoms with Crippen molar-refractivity contribution in [2.24, 2.45) is 17.6 Å². The van der Waals surface area contributed by atoms with Crippen LogP contribution >= 0.6 is 12.4 Å². The van der Waals surface area contributed by atoms with E-state index in [1.54, 1.807) is 0 Å². The second-order valence-electron chi connectivity index (χ2n) is 6.68. The predicted molar refractivity (Wildman–Crippen MR) is 93.0 cm³/mol. The third-order valence-electron chi connectivity index (χ3n) is 5.22. The number of ether oxygens (including phenoxy) is 1. The van der Waals surface area contributed by atoms with Crippen LogP contribution < -0.4 is 5.73 Å². The van der Waals surface area contributed by atoms with Crippen molar-refractivity contribution in [1.29, 1.82) is 0 Å². The van der Waals surface area contributed by atoms with Crippen molar-refractivity contribution in [2.75, 3.05) is 20.2 Å². The molecule has 1 saturated heterocycles. The third-order valence-corrected chi connectivity index (χ3v) is 7.05. The smallest absolute Gasteiger partial charge is 0.417 e. The van der Waals surface area contributed by atoms with Gasteiger partial charge in [-0.3, -0.25) is 0 Å². The van der Waals surface area contributed by atoms with Gasteiger partial charge in [0.15, 0.2) is 0 Å². The molecule has 1 heterocycles. The van der Waals surface area contributed by atoms with Crippen molar-refractivity contribution in [1.82, 2.24) is 4.31 Å². The monoisotopic (exact) mass is 428 g/mol. The molecule has 1 saturated carbocycles. The normalized spacial score (nSPS) is 25.7. The van der Waals surface area contributed by atoms with Crippen LogP contribution in [0.4, 0.5) is 13.2 Å².